The molecule has 0 saturated carbocycles. The van der Waals surface area contributed by atoms with Crippen molar-refractivity contribution in [3.63, 3.8) is 0 Å². The molecule has 0 aromatic carbocycles. The number of hydrogen-bond acceptors (Lipinski definition) is 5. The third-order valence-electron chi connectivity index (χ3n) is 2.68. The van der Waals surface area contributed by atoms with Crippen LogP contribution in [0.15, 0.2) is 6.07 Å². The first-order chi connectivity index (χ1) is 8.65. The zero-order valence-corrected chi connectivity index (χ0v) is 11.5. The van der Waals surface area contributed by atoms with Crippen molar-refractivity contribution < 1.29 is 5.11 Å². The molecule has 0 bridgehead atoms. The Kier molecular flexibility index (Phi) is 6.43. The van der Waals surface area contributed by atoms with Crippen molar-refractivity contribution in [1.29, 1.82) is 0 Å². The lowest BCUT2D eigenvalue weighted by atomic mass is 10.1. The van der Waals surface area contributed by atoms with Gasteiger partial charge in [0.05, 0.1) is 0 Å². The Balaban J connectivity index is 2.41. The zero-order chi connectivity index (χ0) is 13.4. The monoisotopic (exact) mass is 252 g/mol. The van der Waals surface area contributed by atoms with E-state index in [9.17, 15) is 0 Å². The molecule has 0 aliphatic carbocycles. The second-order valence-corrected chi connectivity index (χ2v) is 4.61. The third-order valence-corrected chi connectivity index (χ3v) is 2.68. The van der Waals surface area contributed by atoms with E-state index in [0.717, 1.165) is 37.4 Å². The van der Waals surface area contributed by atoms with Gasteiger partial charge < -0.3 is 15.7 Å². The summed E-state index contributed by atoms with van der Waals surface area (Å²) in [7, 11) is 0. The van der Waals surface area contributed by atoms with E-state index in [0.29, 0.717) is 11.9 Å². The second-order valence-electron chi connectivity index (χ2n) is 4.61. The van der Waals surface area contributed by atoms with Crippen LogP contribution in [0.5, 0.6) is 0 Å². The smallest absolute Gasteiger partial charge is 0.224 e. The minimum atomic E-state index is 0.261. The van der Waals surface area contributed by atoms with Crippen molar-refractivity contribution in [2.24, 2.45) is 5.92 Å². The summed E-state index contributed by atoms with van der Waals surface area (Å²) in [4.78, 5) is 8.68. The maximum atomic E-state index is 8.93. The lowest BCUT2D eigenvalue weighted by Gasteiger charge is -2.10. The molecule has 1 atom stereocenters. The average molecular weight is 252 g/mol. The van der Waals surface area contributed by atoms with E-state index in [4.69, 9.17) is 5.11 Å². The first kappa shape index (κ1) is 14.7. The number of anilines is 2. The second kappa shape index (κ2) is 7.87. The van der Waals surface area contributed by atoms with E-state index in [-0.39, 0.29) is 6.61 Å². The standard InChI is InChI=1S/C13H24N4O/c1-4-14-13-16-11(3)8-12(17-13)15-7-5-6-10(2)9-18/h8,10,18H,4-7,9H2,1-3H3,(H2,14,15,16,17). The van der Waals surface area contributed by atoms with Gasteiger partial charge in [-0.25, -0.2) is 4.98 Å². The molecule has 1 rings (SSSR count). The molecule has 0 saturated heterocycles. The highest BCUT2D eigenvalue weighted by Crippen LogP contribution is 2.10. The molecule has 18 heavy (non-hydrogen) atoms. The molecule has 1 aromatic heterocycles. The van der Waals surface area contributed by atoms with Gasteiger partial charge in [0.25, 0.3) is 0 Å². The molecule has 0 aliphatic heterocycles. The van der Waals surface area contributed by atoms with E-state index in [1.165, 1.54) is 0 Å². The molecule has 1 unspecified atom stereocenters. The number of aryl methyl sites for hydroxylation is 1. The summed E-state index contributed by atoms with van der Waals surface area (Å²) < 4.78 is 0. The summed E-state index contributed by atoms with van der Waals surface area (Å²) >= 11 is 0. The van der Waals surface area contributed by atoms with Gasteiger partial charge in [0.2, 0.25) is 5.95 Å². The molecule has 0 spiro atoms. The number of aromatic nitrogens is 2. The number of rotatable bonds is 8. The van der Waals surface area contributed by atoms with Crippen molar-refractivity contribution in [1.82, 2.24) is 9.97 Å². The molecule has 1 aromatic rings. The van der Waals surface area contributed by atoms with Crippen molar-refractivity contribution in [2.45, 2.75) is 33.6 Å². The topological polar surface area (TPSA) is 70.1 Å². The fourth-order valence-electron chi connectivity index (χ4n) is 1.65. The number of aliphatic hydroxyl groups is 1. The quantitative estimate of drug-likeness (QED) is 0.618. The van der Waals surface area contributed by atoms with Gasteiger partial charge in [-0.15, -0.1) is 0 Å². The van der Waals surface area contributed by atoms with Gasteiger partial charge in [0.15, 0.2) is 0 Å². The Morgan fingerprint density at radius 2 is 2.11 bits per heavy atom. The Labute approximate surface area is 109 Å². The van der Waals surface area contributed by atoms with Crippen LogP contribution in [-0.2, 0) is 0 Å². The van der Waals surface area contributed by atoms with Gasteiger partial charge in [0.1, 0.15) is 5.82 Å². The fourth-order valence-corrected chi connectivity index (χ4v) is 1.65. The molecule has 0 radical (unpaired) electrons. The van der Waals surface area contributed by atoms with Crippen LogP contribution in [0.3, 0.4) is 0 Å². The average Bonchev–Trinajstić information content (AvgIpc) is 2.34. The minimum Gasteiger partial charge on any atom is -0.396 e. The molecule has 5 nitrogen and oxygen atoms in total. The van der Waals surface area contributed by atoms with Crippen molar-refractivity contribution >= 4 is 11.8 Å². The Bertz CT molecular complexity index is 357. The highest BCUT2D eigenvalue weighted by atomic mass is 16.3. The van der Waals surface area contributed by atoms with Gasteiger partial charge in [-0.2, -0.15) is 4.98 Å². The van der Waals surface area contributed by atoms with Crippen molar-refractivity contribution in [3.8, 4) is 0 Å². The van der Waals surface area contributed by atoms with Crippen LogP contribution in [0.1, 0.15) is 32.4 Å². The van der Waals surface area contributed by atoms with Crippen molar-refractivity contribution in [2.75, 3.05) is 30.3 Å². The lowest BCUT2D eigenvalue weighted by molar-refractivity contribution is 0.229. The molecule has 3 N–H and O–H groups in total. The van der Waals surface area contributed by atoms with E-state index >= 15 is 0 Å². The number of nitrogens with zero attached hydrogens (tertiary/aromatic N) is 2. The van der Waals surface area contributed by atoms with E-state index in [1.807, 2.05) is 19.9 Å². The highest BCUT2D eigenvalue weighted by molar-refractivity contribution is 5.41. The van der Waals surface area contributed by atoms with Crippen LogP contribution in [0.25, 0.3) is 0 Å². The Morgan fingerprint density at radius 1 is 1.33 bits per heavy atom. The summed E-state index contributed by atoms with van der Waals surface area (Å²) in [6.45, 7) is 7.98. The predicted octanol–water partition coefficient (Wildman–Crippen LogP) is 2.04. The van der Waals surface area contributed by atoms with Crippen LogP contribution in [-0.4, -0.2) is 34.8 Å². The molecular formula is C13H24N4O. The SMILES string of the molecule is CCNc1nc(C)cc(NCCCC(C)CO)n1. The highest BCUT2D eigenvalue weighted by Gasteiger charge is 2.02. The van der Waals surface area contributed by atoms with Crippen molar-refractivity contribution in [3.05, 3.63) is 11.8 Å². The first-order valence-corrected chi connectivity index (χ1v) is 6.60. The number of hydrogen-bond donors (Lipinski definition) is 3. The molecule has 102 valence electrons. The number of nitrogens with one attached hydrogen (secondary N) is 2. The van der Waals surface area contributed by atoms with Gasteiger partial charge in [0, 0.05) is 31.5 Å². The fraction of sp³-hybridized carbons (Fsp3) is 0.692. The van der Waals surface area contributed by atoms with Crippen LogP contribution < -0.4 is 10.6 Å². The van der Waals surface area contributed by atoms with Gasteiger partial charge >= 0.3 is 0 Å². The van der Waals surface area contributed by atoms with E-state index in [2.05, 4.69) is 27.5 Å². The first-order valence-electron chi connectivity index (χ1n) is 6.60. The zero-order valence-electron chi connectivity index (χ0n) is 11.5. The predicted molar refractivity (Wildman–Crippen MR) is 74.9 cm³/mol. The summed E-state index contributed by atoms with van der Waals surface area (Å²) in [5.74, 6) is 1.90. The lowest BCUT2D eigenvalue weighted by Crippen LogP contribution is -2.10. The Morgan fingerprint density at radius 3 is 2.78 bits per heavy atom. The molecule has 0 fully saturated rings. The van der Waals surface area contributed by atoms with E-state index < -0.39 is 0 Å². The molecular weight excluding hydrogens is 228 g/mol. The maximum Gasteiger partial charge on any atom is 0.224 e. The van der Waals surface area contributed by atoms with Gasteiger partial charge in [-0.1, -0.05) is 6.92 Å². The van der Waals surface area contributed by atoms with Crippen LogP contribution in [0.4, 0.5) is 11.8 Å². The van der Waals surface area contributed by atoms with Crippen LogP contribution >= 0.6 is 0 Å². The third kappa shape index (κ3) is 5.31. The van der Waals surface area contributed by atoms with E-state index in [1.54, 1.807) is 0 Å². The molecule has 0 amide bonds. The summed E-state index contributed by atoms with van der Waals surface area (Å²) in [5.41, 5.74) is 0.951. The van der Waals surface area contributed by atoms with Crippen LogP contribution in [0.2, 0.25) is 0 Å². The normalized spacial score (nSPS) is 12.2. The maximum absolute atomic E-state index is 8.93. The van der Waals surface area contributed by atoms with Gasteiger partial charge in [-0.3, -0.25) is 0 Å². The van der Waals surface area contributed by atoms with Crippen LogP contribution in [0, 0.1) is 12.8 Å². The molecule has 0 aliphatic rings. The number of aliphatic hydroxyl groups excluding tert-OH is 1. The largest absolute Gasteiger partial charge is 0.396 e. The Hall–Kier alpha value is -1.36. The summed E-state index contributed by atoms with van der Waals surface area (Å²) in [6.07, 6.45) is 2.05. The molecule has 1 heterocycles. The summed E-state index contributed by atoms with van der Waals surface area (Å²) in [6, 6.07) is 1.94. The van der Waals surface area contributed by atoms with Gasteiger partial charge in [-0.05, 0) is 32.6 Å². The summed E-state index contributed by atoms with van der Waals surface area (Å²) in [5, 5.41) is 15.3. The molecule has 5 heteroatoms. The minimum absolute atomic E-state index is 0.261.